The number of esters is 6. The van der Waals surface area contributed by atoms with Crippen LogP contribution in [-0.4, -0.2) is 94.1 Å². The molecule has 3 rings (SSSR count). The van der Waals surface area contributed by atoms with Gasteiger partial charge in [0.15, 0.2) is 0 Å². The SMILES string of the molecule is COC(=O)C(C)(C)CC(C)(CC(C)(CC(C)(CC(C)(CC(C)(CCC(C#N)CC(C#N)CC(C#N)CC(C#N)CC(C)C#N)C(=O)OCCOc1cc(C)c(-n2ccnc2-c2[c-]cccc2)c(C)c1)C(=O)OC)C(=O)OC)C(=O)OC)C(=O)OC.[Ir]. The molecule has 0 N–H and O–H groups in total. The molecule has 0 bridgehead atoms. The Bertz CT molecular complexity index is 3040. The zero-order valence-corrected chi connectivity index (χ0v) is 54.9. The number of methoxy groups -OCH3 is 5. The Hall–Kier alpha value is -7.63. The number of hydrogen-bond acceptors (Lipinski definition) is 19. The van der Waals surface area contributed by atoms with Gasteiger partial charge in [-0.1, -0.05) is 0 Å². The summed E-state index contributed by atoms with van der Waals surface area (Å²) in [5.74, 6) is -7.02. The molecule has 0 aliphatic carbocycles. The molecular weight excluding hydrogens is 1280 g/mol. The maximum Gasteiger partial charge on any atom is 0.311 e. The zero-order chi connectivity index (χ0) is 64.1. The second-order valence-electron chi connectivity index (χ2n) is 24.6. The minimum Gasteiger partial charge on any atom is -0.490 e. The zero-order valence-electron chi connectivity index (χ0n) is 52.5. The summed E-state index contributed by atoms with van der Waals surface area (Å²) < 4.78 is 40.7. The van der Waals surface area contributed by atoms with Crippen LogP contribution in [0.4, 0.5) is 0 Å². The number of rotatable bonds is 33. The Labute approximate surface area is 521 Å². The third-order valence-electron chi connectivity index (χ3n) is 16.1. The summed E-state index contributed by atoms with van der Waals surface area (Å²) in [6.07, 6.45) is 2.15. The molecule has 1 radical (unpaired) electrons. The molecule has 467 valence electrons. The molecule has 0 spiro atoms. The molecule has 1 aromatic heterocycles. The molecule has 20 nitrogen and oxygen atoms in total. The largest absolute Gasteiger partial charge is 0.490 e. The molecule has 0 saturated carbocycles. The van der Waals surface area contributed by atoms with Crippen LogP contribution in [-0.2, 0) is 77.3 Å². The van der Waals surface area contributed by atoms with Crippen molar-refractivity contribution >= 4 is 35.8 Å². The normalized spacial score (nSPS) is 16.3. The summed E-state index contributed by atoms with van der Waals surface area (Å²) in [7, 11) is 5.80. The predicted molar refractivity (Wildman–Crippen MR) is 310 cm³/mol. The van der Waals surface area contributed by atoms with E-state index in [4.69, 9.17) is 33.2 Å². The monoisotopic (exact) mass is 1360 g/mol. The summed E-state index contributed by atoms with van der Waals surface area (Å²) >= 11 is 0. The van der Waals surface area contributed by atoms with Crippen molar-refractivity contribution in [3.63, 3.8) is 0 Å². The molecule has 0 saturated heterocycles. The molecule has 10 unspecified atom stereocenters. The molecule has 1 heterocycles. The quantitative estimate of drug-likeness (QED) is 0.0237. The van der Waals surface area contributed by atoms with Gasteiger partial charge in [-0.2, -0.15) is 26.3 Å². The molecule has 0 fully saturated rings. The van der Waals surface area contributed by atoms with Gasteiger partial charge < -0.3 is 37.7 Å². The first kappa shape index (κ1) is 74.5. The minimum atomic E-state index is -1.80. The van der Waals surface area contributed by atoms with E-state index in [1.165, 1.54) is 41.9 Å². The van der Waals surface area contributed by atoms with Gasteiger partial charge in [0.05, 0.1) is 104 Å². The summed E-state index contributed by atoms with van der Waals surface area (Å²) in [4.78, 5) is 89.5. The van der Waals surface area contributed by atoms with Crippen LogP contribution < -0.4 is 4.74 Å². The van der Waals surface area contributed by atoms with E-state index in [9.17, 15) is 55.1 Å². The van der Waals surface area contributed by atoms with Gasteiger partial charge in [-0.3, -0.25) is 33.8 Å². The van der Waals surface area contributed by atoms with Crippen molar-refractivity contribution in [3.8, 4) is 53.2 Å². The van der Waals surface area contributed by atoms with Crippen LogP contribution in [0.5, 0.6) is 5.75 Å². The summed E-state index contributed by atoms with van der Waals surface area (Å²) in [6, 6.07) is 25.4. The van der Waals surface area contributed by atoms with Gasteiger partial charge in [-0.25, -0.2) is 0 Å². The average molecular weight is 1360 g/mol. The van der Waals surface area contributed by atoms with Gasteiger partial charge in [-0.05, 0) is 163 Å². The van der Waals surface area contributed by atoms with Crippen LogP contribution in [0.25, 0.3) is 17.1 Å². The van der Waals surface area contributed by atoms with Crippen molar-refractivity contribution in [3.05, 3.63) is 66.0 Å². The van der Waals surface area contributed by atoms with Crippen LogP contribution in [0, 0.1) is 139 Å². The third-order valence-corrected chi connectivity index (χ3v) is 16.1. The smallest absolute Gasteiger partial charge is 0.311 e. The van der Waals surface area contributed by atoms with E-state index in [-0.39, 0.29) is 91.1 Å². The van der Waals surface area contributed by atoms with Crippen LogP contribution in [0.1, 0.15) is 137 Å². The topological polar surface area (TPSA) is 304 Å². The number of imidazole rings is 1. The van der Waals surface area contributed by atoms with Crippen LogP contribution >= 0.6 is 0 Å². The second-order valence-corrected chi connectivity index (χ2v) is 24.6. The predicted octanol–water partition coefficient (Wildman–Crippen LogP) is 10.8. The van der Waals surface area contributed by atoms with Gasteiger partial charge in [0.2, 0.25) is 0 Å². The minimum absolute atomic E-state index is 0. The Morgan fingerprint density at radius 2 is 1.00 bits per heavy atom. The van der Waals surface area contributed by atoms with Crippen molar-refractivity contribution in [2.75, 3.05) is 48.8 Å². The number of hydrogen-bond donors (Lipinski definition) is 0. The molecule has 0 aliphatic rings. The molecule has 0 aliphatic heterocycles. The number of benzene rings is 2. The fourth-order valence-electron chi connectivity index (χ4n) is 12.7. The molecule has 86 heavy (non-hydrogen) atoms. The van der Waals surface area contributed by atoms with Gasteiger partial charge >= 0.3 is 35.8 Å². The number of ether oxygens (including phenoxy) is 7. The van der Waals surface area contributed by atoms with Crippen LogP contribution in [0.2, 0.25) is 0 Å². The Kier molecular flexibility index (Phi) is 28.4. The van der Waals surface area contributed by atoms with Crippen LogP contribution in [0.15, 0.2) is 48.8 Å². The first-order chi connectivity index (χ1) is 39.9. The standard InChI is InChI=1S/C65H84N7O13.Ir/c1-43(33-66)27-47(35-68)31-49(37-70)32-48(36-69)30-46(34-67)21-22-61(6,59(78)85-26-25-84-51-28-44(2)52(45(3)29-51)72-24-23-71-53(72)50-19-17-16-18-20-50)39-63(8,56(75)81-13)41-65(10,58(77)83-15)42-64(9,57(76)82-14)40-62(7,55(74)80-12)38-60(4,5)54(73)79-11;/h16-19,23-24,28-29,43,46-49H,21-22,25-27,30-32,38-42H2,1-15H3;/q-1;. The van der Waals surface area contributed by atoms with E-state index >= 15 is 0 Å². The van der Waals surface area contributed by atoms with E-state index in [1.807, 2.05) is 61.0 Å². The number of aryl methyl sites for hydroxylation is 2. The number of carbonyl (C=O) groups is 6. The van der Waals surface area contributed by atoms with Gasteiger partial charge in [0.25, 0.3) is 0 Å². The number of aromatic nitrogens is 2. The molecule has 21 heteroatoms. The Morgan fingerprint density at radius 3 is 1.42 bits per heavy atom. The van der Waals surface area contributed by atoms with Gasteiger partial charge in [-0.15, -0.1) is 35.9 Å². The summed E-state index contributed by atoms with van der Waals surface area (Å²) in [5.41, 5.74) is -6.41. The van der Waals surface area contributed by atoms with Crippen molar-refractivity contribution in [1.29, 1.82) is 26.3 Å². The van der Waals surface area contributed by atoms with Crippen molar-refractivity contribution in [1.82, 2.24) is 9.55 Å². The molecule has 0 amide bonds. The fourth-order valence-corrected chi connectivity index (χ4v) is 12.7. The van der Waals surface area contributed by atoms with E-state index in [1.54, 1.807) is 33.9 Å². The van der Waals surface area contributed by atoms with E-state index in [0.29, 0.717) is 11.6 Å². The van der Waals surface area contributed by atoms with Crippen molar-refractivity contribution in [2.45, 2.75) is 140 Å². The number of carbonyl (C=O) groups excluding carboxylic acids is 6. The number of nitrogens with zero attached hydrogens (tertiary/aromatic N) is 7. The fraction of sp³-hybridized carbons (Fsp3) is 0.600. The van der Waals surface area contributed by atoms with Gasteiger partial charge in [0.1, 0.15) is 19.0 Å². The molecule has 3 aromatic rings. The first-order valence-electron chi connectivity index (χ1n) is 28.2. The van der Waals surface area contributed by atoms with E-state index in [0.717, 1.165) is 43.7 Å². The molecule has 10 atom stereocenters. The van der Waals surface area contributed by atoms with Crippen LogP contribution in [0.3, 0.4) is 0 Å². The Balaban J connectivity index is 0.0000252. The Morgan fingerprint density at radius 1 is 0.570 bits per heavy atom. The van der Waals surface area contributed by atoms with E-state index in [2.05, 4.69) is 41.4 Å². The van der Waals surface area contributed by atoms with E-state index < -0.39 is 111 Å². The van der Waals surface area contributed by atoms with Gasteiger partial charge in [0, 0.05) is 67.8 Å². The maximum atomic E-state index is 14.9. The summed E-state index contributed by atoms with van der Waals surface area (Å²) in [6.45, 7) is 15.9. The average Bonchev–Trinajstić information content (AvgIpc) is 0.888. The third kappa shape index (κ3) is 19.4. The first-order valence-corrected chi connectivity index (χ1v) is 28.2. The summed E-state index contributed by atoms with van der Waals surface area (Å²) in [5, 5.41) is 50.2. The maximum absolute atomic E-state index is 14.9. The van der Waals surface area contributed by atoms with Crippen molar-refractivity contribution in [2.24, 2.45) is 62.1 Å². The molecule has 2 aromatic carbocycles. The molecular formula is C65H84IrN7O13-. The van der Waals surface area contributed by atoms with Crippen molar-refractivity contribution < 1.29 is 82.0 Å². The second kappa shape index (κ2) is 32.8. The number of nitriles is 5.